The van der Waals surface area contributed by atoms with Crippen LogP contribution in [0.1, 0.15) is 27.0 Å². The molecule has 1 fully saturated rings. The van der Waals surface area contributed by atoms with Crippen molar-refractivity contribution in [3.63, 3.8) is 0 Å². The van der Waals surface area contributed by atoms with E-state index in [1.54, 1.807) is 0 Å². The molecule has 0 atom stereocenters. The fourth-order valence-corrected chi connectivity index (χ4v) is 4.80. The summed E-state index contributed by atoms with van der Waals surface area (Å²) in [5.41, 5.74) is 0.425. The number of alkyl halides is 3. The van der Waals surface area contributed by atoms with Crippen LogP contribution < -0.4 is 26.2 Å². The SMILES string of the molecule is Cc1c(Nc2cc[nH]c(=O)c2C(=O)Nc2ccc(CN3CCN(C)CC3)c(C(F)(F)F)c2)cnc2c1NCCO2. The lowest BCUT2D eigenvalue weighted by Gasteiger charge is -2.33. The van der Waals surface area contributed by atoms with Crippen LogP contribution in [0.15, 0.2) is 41.5 Å². The van der Waals surface area contributed by atoms with E-state index in [-0.39, 0.29) is 29.0 Å². The Bertz CT molecular complexity index is 1470. The summed E-state index contributed by atoms with van der Waals surface area (Å²) in [5, 5.41) is 8.75. The van der Waals surface area contributed by atoms with E-state index >= 15 is 0 Å². The van der Waals surface area contributed by atoms with Crippen LogP contribution in [-0.4, -0.2) is 72.1 Å². The lowest BCUT2D eigenvalue weighted by molar-refractivity contribution is -0.138. The second-order valence-electron chi connectivity index (χ2n) is 9.88. The van der Waals surface area contributed by atoms with E-state index in [1.807, 2.05) is 18.9 Å². The first-order valence-corrected chi connectivity index (χ1v) is 12.9. The van der Waals surface area contributed by atoms with Gasteiger partial charge in [0, 0.05) is 56.7 Å². The molecule has 212 valence electrons. The molecule has 4 N–H and O–H groups in total. The highest BCUT2D eigenvalue weighted by atomic mass is 19.4. The smallest absolute Gasteiger partial charge is 0.416 e. The number of anilines is 4. The van der Waals surface area contributed by atoms with E-state index in [0.717, 1.165) is 24.7 Å². The zero-order chi connectivity index (χ0) is 28.4. The van der Waals surface area contributed by atoms with Crippen molar-refractivity contribution in [2.45, 2.75) is 19.6 Å². The molecule has 0 spiro atoms. The van der Waals surface area contributed by atoms with Crippen LogP contribution in [-0.2, 0) is 12.7 Å². The average molecular weight is 558 g/mol. The van der Waals surface area contributed by atoms with Gasteiger partial charge in [0.1, 0.15) is 17.9 Å². The minimum Gasteiger partial charge on any atom is -0.474 e. The number of ether oxygens (including phenoxy) is 1. The molecule has 1 aromatic carbocycles. The summed E-state index contributed by atoms with van der Waals surface area (Å²) in [7, 11) is 1.98. The number of amides is 1. The molecule has 2 aromatic heterocycles. The summed E-state index contributed by atoms with van der Waals surface area (Å²) < 4.78 is 47.6. The van der Waals surface area contributed by atoms with E-state index in [2.05, 4.69) is 30.8 Å². The van der Waals surface area contributed by atoms with Crippen molar-refractivity contribution >= 4 is 28.7 Å². The standard InChI is InChI=1S/C27H30F3N7O3/c1-16-21(14-33-26-23(16)31-7-12-40-26)35-20-5-6-32-24(38)22(20)25(39)34-18-4-3-17(19(13-18)27(28,29)30)15-37-10-8-36(2)9-11-37/h3-6,13-14,31H,7-12,15H2,1-2H3,(H,34,39)(H2,32,35,38). The third-order valence-corrected chi connectivity index (χ3v) is 7.07. The van der Waals surface area contributed by atoms with Crippen molar-refractivity contribution in [1.29, 1.82) is 0 Å². The molecule has 40 heavy (non-hydrogen) atoms. The normalized spacial score (nSPS) is 16.0. The molecule has 10 nitrogen and oxygen atoms in total. The number of hydrogen-bond acceptors (Lipinski definition) is 8. The Labute approximate surface area is 228 Å². The van der Waals surface area contributed by atoms with Crippen LogP contribution in [0.25, 0.3) is 0 Å². The summed E-state index contributed by atoms with van der Waals surface area (Å²) >= 11 is 0. The quantitative estimate of drug-likeness (QED) is 0.363. The first-order chi connectivity index (χ1) is 19.1. The number of carbonyl (C=O) groups is 1. The van der Waals surface area contributed by atoms with Crippen LogP contribution in [0.4, 0.5) is 35.9 Å². The zero-order valence-electron chi connectivity index (χ0n) is 22.1. The van der Waals surface area contributed by atoms with Gasteiger partial charge in [-0.25, -0.2) is 4.98 Å². The Balaban J connectivity index is 1.39. The summed E-state index contributed by atoms with van der Waals surface area (Å²) in [6.45, 7) is 5.97. The fraction of sp³-hybridized carbons (Fsp3) is 0.370. The van der Waals surface area contributed by atoms with Crippen molar-refractivity contribution in [2.24, 2.45) is 0 Å². The molecule has 2 aliphatic heterocycles. The maximum Gasteiger partial charge on any atom is 0.416 e. The number of likely N-dealkylation sites (N-methyl/N-ethyl adjacent to an activating group) is 1. The fourth-order valence-electron chi connectivity index (χ4n) is 4.80. The highest BCUT2D eigenvalue weighted by molar-refractivity contribution is 6.08. The number of rotatable bonds is 6. The second-order valence-corrected chi connectivity index (χ2v) is 9.88. The number of fused-ring (bicyclic) bond motifs is 1. The van der Waals surface area contributed by atoms with Gasteiger partial charge in [-0.05, 0) is 37.7 Å². The molecule has 0 unspecified atom stereocenters. The summed E-state index contributed by atoms with van der Waals surface area (Å²) in [6, 6.07) is 5.21. The molecular weight excluding hydrogens is 527 g/mol. The first kappa shape index (κ1) is 27.5. The number of piperazine rings is 1. The van der Waals surface area contributed by atoms with Crippen LogP contribution in [0, 0.1) is 6.92 Å². The van der Waals surface area contributed by atoms with Gasteiger partial charge in [-0.15, -0.1) is 0 Å². The molecule has 2 aliphatic rings. The number of pyridine rings is 2. The first-order valence-electron chi connectivity index (χ1n) is 12.9. The van der Waals surface area contributed by atoms with Crippen molar-refractivity contribution in [3.05, 3.63) is 69.3 Å². The van der Waals surface area contributed by atoms with Crippen molar-refractivity contribution in [1.82, 2.24) is 19.8 Å². The third kappa shape index (κ3) is 5.89. The highest BCUT2D eigenvalue weighted by Crippen LogP contribution is 2.36. The van der Waals surface area contributed by atoms with Crippen molar-refractivity contribution < 1.29 is 22.7 Å². The average Bonchev–Trinajstić information content (AvgIpc) is 2.92. The van der Waals surface area contributed by atoms with Crippen LogP contribution in [0.3, 0.4) is 0 Å². The number of H-pyrrole nitrogens is 1. The number of benzene rings is 1. The van der Waals surface area contributed by atoms with Crippen molar-refractivity contribution in [3.8, 4) is 5.88 Å². The van der Waals surface area contributed by atoms with Gasteiger partial charge < -0.3 is 30.6 Å². The summed E-state index contributed by atoms with van der Waals surface area (Å²) in [6.07, 6.45) is -1.72. The lowest BCUT2D eigenvalue weighted by atomic mass is 10.0. The molecule has 5 rings (SSSR count). The van der Waals surface area contributed by atoms with Gasteiger partial charge in [-0.2, -0.15) is 13.2 Å². The number of aromatic amines is 1. The lowest BCUT2D eigenvalue weighted by Crippen LogP contribution is -2.44. The van der Waals surface area contributed by atoms with E-state index in [0.29, 0.717) is 43.5 Å². The van der Waals surface area contributed by atoms with Gasteiger partial charge in [0.25, 0.3) is 11.5 Å². The molecule has 1 saturated heterocycles. The number of nitrogens with one attached hydrogen (secondary N) is 4. The Kier molecular flexibility index (Phi) is 7.68. The summed E-state index contributed by atoms with van der Waals surface area (Å²) in [5.74, 6) is -0.399. The zero-order valence-corrected chi connectivity index (χ0v) is 22.1. The molecule has 3 aromatic rings. The number of hydrogen-bond donors (Lipinski definition) is 4. The molecule has 0 radical (unpaired) electrons. The van der Waals surface area contributed by atoms with Gasteiger partial charge in [0.15, 0.2) is 0 Å². The Morgan fingerprint density at radius 2 is 1.93 bits per heavy atom. The molecule has 0 bridgehead atoms. The Hall–Kier alpha value is -4.10. The van der Waals surface area contributed by atoms with Crippen LogP contribution in [0.2, 0.25) is 0 Å². The number of halogens is 3. The van der Waals surface area contributed by atoms with Gasteiger partial charge in [0.2, 0.25) is 5.88 Å². The molecule has 0 aliphatic carbocycles. The number of carbonyl (C=O) groups excluding carboxylic acids is 1. The van der Waals surface area contributed by atoms with E-state index in [4.69, 9.17) is 4.74 Å². The van der Waals surface area contributed by atoms with Gasteiger partial charge in [-0.3, -0.25) is 14.5 Å². The van der Waals surface area contributed by atoms with E-state index in [1.165, 1.54) is 30.6 Å². The number of nitrogens with zero attached hydrogens (tertiary/aromatic N) is 3. The van der Waals surface area contributed by atoms with Gasteiger partial charge >= 0.3 is 6.18 Å². The third-order valence-electron chi connectivity index (χ3n) is 7.07. The molecule has 13 heteroatoms. The predicted molar refractivity (Wildman–Crippen MR) is 145 cm³/mol. The maximum atomic E-state index is 14.0. The van der Waals surface area contributed by atoms with Gasteiger partial charge in [-0.1, -0.05) is 6.07 Å². The van der Waals surface area contributed by atoms with E-state index in [9.17, 15) is 22.8 Å². The molecule has 0 saturated carbocycles. The Morgan fingerprint density at radius 3 is 2.67 bits per heavy atom. The minimum absolute atomic E-state index is 0.0679. The molecule has 1 amide bonds. The largest absolute Gasteiger partial charge is 0.474 e. The van der Waals surface area contributed by atoms with E-state index < -0.39 is 23.2 Å². The minimum atomic E-state index is -4.62. The molecular formula is C27H30F3N7O3. The summed E-state index contributed by atoms with van der Waals surface area (Å²) in [4.78, 5) is 36.8. The monoisotopic (exact) mass is 557 g/mol. The second kappa shape index (κ2) is 11.2. The molecule has 4 heterocycles. The van der Waals surface area contributed by atoms with Gasteiger partial charge in [0.05, 0.1) is 23.1 Å². The number of aromatic nitrogens is 2. The van der Waals surface area contributed by atoms with Crippen LogP contribution in [0.5, 0.6) is 5.88 Å². The predicted octanol–water partition coefficient (Wildman–Crippen LogP) is 3.64. The van der Waals surface area contributed by atoms with Crippen LogP contribution >= 0.6 is 0 Å². The topological polar surface area (TPSA) is 115 Å². The maximum absolute atomic E-state index is 14.0. The Morgan fingerprint density at radius 1 is 1.15 bits per heavy atom. The van der Waals surface area contributed by atoms with Crippen molar-refractivity contribution in [2.75, 3.05) is 62.3 Å². The highest BCUT2D eigenvalue weighted by Gasteiger charge is 2.34.